The highest BCUT2D eigenvalue weighted by molar-refractivity contribution is 5.79. The number of hydrogen-bond acceptors (Lipinski definition) is 3. The van der Waals surface area contributed by atoms with E-state index in [0.29, 0.717) is 12.1 Å². The highest BCUT2D eigenvalue weighted by Crippen LogP contribution is 2.11. The van der Waals surface area contributed by atoms with Crippen LogP contribution in [0.3, 0.4) is 0 Å². The van der Waals surface area contributed by atoms with E-state index in [-0.39, 0.29) is 17.9 Å². The highest BCUT2D eigenvalue weighted by Gasteiger charge is 2.21. The summed E-state index contributed by atoms with van der Waals surface area (Å²) in [4.78, 5) is 25.0. The summed E-state index contributed by atoms with van der Waals surface area (Å²) in [7, 11) is 0. The zero-order valence-corrected chi connectivity index (χ0v) is 11.8. The molecule has 0 aromatic heterocycles. The number of piperidine rings is 1. The van der Waals surface area contributed by atoms with Crippen LogP contribution < -0.4 is 11.1 Å². The van der Waals surface area contributed by atoms with E-state index >= 15 is 0 Å². The molecule has 0 radical (unpaired) electrons. The summed E-state index contributed by atoms with van der Waals surface area (Å²) in [6.07, 6.45) is 2.02. The van der Waals surface area contributed by atoms with Crippen LogP contribution in [0.1, 0.15) is 25.3 Å². The molecule has 20 heavy (non-hydrogen) atoms. The Morgan fingerprint density at radius 1 is 1.25 bits per heavy atom. The first-order chi connectivity index (χ1) is 9.54. The van der Waals surface area contributed by atoms with Crippen molar-refractivity contribution in [1.29, 1.82) is 0 Å². The lowest BCUT2D eigenvalue weighted by molar-refractivity contribution is -0.130. The molecule has 3 N–H and O–H groups in total. The van der Waals surface area contributed by atoms with Crippen LogP contribution in [0, 0.1) is 0 Å². The molecule has 1 aliphatic rings. The van der Waals surface area contributed by atoms with Gasteiger partial charge in [-0.3, -0.25) is 9.59 Å². The molecule has 0 unspecified atom stereocenters. The van der Waals surface area contributed by atoms with Gasteiger partial charge in [-0.25, -0.2) is 0 Å². The van der Waals surface area contributed by atoms with Gasteiger partial charge in [0.05, 0.1) is 6.42 Å². The van der Waals surface area contributed by atoms with E-state index in [9.17, 15) is 9.59 Å². The number of carbonyl (C=O) groups excluding carboxylic acids is 2. The number of nitrogens with zero attached hydrogens (tertiary/aromatic N) is 1. The Morgan fingerprint density at radius 2 is 1.85 bits per heavy atom. The number of nitrogens with two attached hydrogens (primary N) is 1. The smallest absolute Gasteiger partial charge is 0.224 e. The van der Waals surface area contributed by atoms with Gasteiger partial charge in [-0.1, -0.05) is 12.1 Å². The molecule has 2 amide bonds. The molecule has 1 fully saturated rings. The lowest BCUT2D eigenvalue weighted by Gasteiger charge is -2.31. The molecule has 0 saturated carbocycles. The van der Waals surface area contributed by atoms with Gasteiger partial charge >= 0.3 is 0 Å². The molecule has 5 heteroatoms. The molecule has 1 heterocycles. The summed E-state index contributed by atoms with van der Waals surface area (Å²) >= 11 is 0. The van der Waals surface area contributed by atoms with Gasteiger partial charge in [-0.05, 0) is 30.5 Å². The minimum atomic E-state index is 0.0241. The molecule has 2 rings (SSSR count). The van der Waals surface area contributed by atoms with Crippen molar-refractivity contribution in [3.05, 3.63) is 29.8 Å². The zero-order chi connectivity index (χ0) is 14.5. The molecule has 0 atom stereocenters. The minimum absolute atomic E-state index is 0.0241. The number of anilines is 1. The van der Waals surface area contributed by atoms with Gasteiger partial charge in [0.15, 0.2) is 0 Å². The quantitative estimate of drug-likeness (QED) is 0.806. The normalized spacial score (nSPS) is 15.9. The highest BCUT2D eigenvalue weighted by atomic mass is 16.2. The molecule has 1 saturated heterocycles. The zero-order valence-electron chi connectivity index (χ0n) is 11.8. The van der Waals surface area contributed by atoms with E-state index in [1.165, 1.54) is 0 Å². The molecular weight excluding hydrogens is 254 g/mol. The van der Waals surface area contributed by atoms with Crippen molar-refractivity contribution in [3.8, 4) is 0 Å². The second-order valence-electron chi connectivity index (χ2n) is 5.27. The van der Waals surface area contributed by atoms with Gasteiger partial charge in [0.1, 0.15) is 0 Å². The van der Waals surface area contributed by atoms with Crippen LogP contribution in [0.5, 0.6) is 0 Å². The number of likely N-dealkylation sites (tertiary alicyclic amines) is 1. The van der Waals surface area contributed by atoms with Crippen molar-refractivity contribution in [1.82, 2.24) is 10.2 Å². The van der Waals surface area contributed by atoms with Crippen molar-refractivity contribution in [2.45, 2.75) is 32.2 Å². The number of hydrogen-bond donors (Lipinski definition) is 2. The van der Waals surface area contributed by atoms with Crippen molar-refractivity contribution in [3.63, 3.8) is 0 Å². The first-order valence-electron chi connectivity index (χ1n) is 6.94. The Bertz CT molecular complexity index is 476. The largest absolute Gasteiger partial charge is 0.399 e. The fourth-order valence-corrected chi connectivity index (χ4v) is 2.44. The maximum absolute atomic E-state index is 12.0. The average Bonchev–Trinajstić information content (AvgIpc) is 2.42. The molecule has 0 spiro atoms. The molecule has 108 valence electrons. The standard InChI is InChI=1S/C15H21N3O2/c1-11(19)18-8-6-14(7-9-18)17-15(20)10-12-2-4-13(16)5-3-12/h2-5,14H,6-10,16H2,1H3,(H,17,20). The number of benzene rings is 1. The van der Waals surface area contributed by atoms with Gasteiger partial charge in [0.25, 0.3) is 0 Å². The summed E-state index contributed by atoms with van der Waals surface area (Å²) in [5.74, 6) is 0.132. The summed E-state index contributed by atoms with van der Waals surface area (Å²) in [5.41, 5.74) is 7.27. The maximum Gasteiger partial charge on any atom is 0.224 e. The fraction of sp³-hybridized carbons (Fsp3) is 0.467. The minimum Gasteiger partial charge on any atom is -0.399 e. The Kier molecular flexibility index (Phi) is 4.61. The van der Waals surface area contributed by atoms with E-state index < -0.39 is 0 Å². The number of carbonyl (C=O) groups is 2. The Balaban J connectivity index is 1.78. The molecular formula is C15H21N3O2. The van der Waals surface area contributed by atoms with E-state index in [0.717, 1.165) is 31.5 Å². The van der Waals surface area contributed by atoms with Gasteiger partial charge in [-0.15, -0.1) is 0 Å². The van der Waals surface area contributed by atoms with Crippen LogP contribution in [-0.4, -0.2) is 35.8 Å². The monoisotopic (exact) mass is 275 g/mol. The Hall–Kier alpha value is -2.04. The van der Waals surface area contributed by atoms with Crippen LogP contribution in [0.25, 0.3) is 0 Å². The third-order valence-corrected chi connectivity index (χ3v) is 3.65. The number of nitrogen functional groups attached to an aromatic ring is 1. The van der Waals surface area contributed by atoms with E-state index in [4.69, 9.17) is 5.73 Å². The van der Waals surface area contributed by atoms with Gasteiger partial charge in [0.2, 0.25) is 11.8 Å². The number of nitrogens with one attached hydrogen (secondary N) is 1. The first kappa shape index (κ1) is 14.4. The molecule has 5 nitrogen and oxygen atoms in total. The first-order valence-corrected chi connectivity index (χ1v) is 6.94. The molecule has 0 aliphatic carbocycles. The molecule has 0 bridgehead atoms. The molecule has 1 aliphatic heterocycles. The lowest BCUT2D eigenvalue weighted by atomic mass is 10.0. The maximum atomic E-state index is 12.0. The third-order valence-electron chi connectivity index (χ3n) is 3.65. The molecule has 1 aromatic carbocycles. The van der Waals surface area contributed by atoms with E-state index in [2.05, 4.69) is 5.32 Å². The SMILES string of the molecule is CC(=O)N1CCC(NC(=O)Cc2ccc(N)cc2)CC1. The van der Waals surface area contributed by atoms with Gasteiger partial charge in [0, 0.05) is 31.7 Å². The van der Waals surface area contributed by atoms with Crippen LogP contribution in [0.2, 0.25) is 0 Å². The lowest BCUT2D eigenvalue weighted by Crippen LogP contribution is -2.46. The van der Waals surface area contributed by atoms with Crippen LogP contribution in [-0.2, 0) is 16.0 Å². The summed E-state index contributed by atoms with van der Waals surface area (Å²) in [6.45, 7) is 3.03. The summed E-state index contributed by atoms with van der Waals surface area (Å²) < 4.78 is 0. The topological polar surface area (TPSA) is 75.4 Å². The third kappa shape index (κ3) is 3.98. The Morgan fingerprint density at radius 3 is 2.40 bits per heavy atom. The molecule has 1 aromatic rings. The Labute approximate surface area is 119 Å². The fourth-order valence-electron chi connectivity index (χ4n) is 2.44. The van der Waals surface area contributed by atoms with Crippen LogP contribution in [0.15, 0.2) is 24.3 Å². The van der Waals surface area contributed by atoms with Crippen molar-refractivity contribution in [2.75, 3.05) is 18.8 Å². The van der Waals surface area contributed by atoms with Crippen molar-refractivity contribution in [2.24, 2.45) is 0 Å². The number of rotatable bonds is 3. The van der Waals surface area contributed by atoms with Crippen molar-refractivity contribution < 1.29 is 9.59 Å². The second kappa shape index (κ2) is 6.41. The van der Waals surface area contributed by atoms with Gasteiger partial charge in [-0.2, -0.15) is 0 Å². The van der Waals surface area contributed by atoms with E-state index in [1.807, 2.05) is 17.0 Å². The summed E-state index contributed by atoms with van der Waals surface area (Å²) in [6, 6.07) is 7.51. The van der Waals surface area contributed by atoms with E-state index in [1.54, 1.807) is 19.1 Å². The van der Waals surface area contributed by atoms with Crippen LogP contribution in [0.4, 0.5) is 5.69 Å². The number of amides is 2. The average molecular weight is 275 g/mol. The second-order valence-corrected chi connectivity index (χ2v) is 5.27. The predicted molar refractivity (Wildman–Crippen MR) is 78.0 cm³/mol. The summed E-state index contributed by atoms with van der Waals surface area (Å²) in [5, 5.41) is 3.03. The van der Waals surface area contributed by atoms with Crippen LogP contribution >= 0.6 is 0 Å². The van der Waals surface area contributed by atoms with Crippen molar-refractivity contribution >= 4 is 17.5 Å². The predicted octanol–water partition coefficient (Wildman–Crippen LogP) is 0.938. The van der Waals surface area contributed by atoms with Gasteiger partial charge < -0.3 is 16.0 Å².